The van der Waals surface area contributed by atoms with E-state index in [0.29, 0.717) is 30.0 Å². The number of carbonyl (C=O) groups is 1. The lowest BCUT2D eigenvalue weighted by atomic mass is 10.2. The lowest BCUT2D eigenvalue weighted by Gasteiger charge is -2.23. The van der Waals surface area contributed by atoms with Crippen molar-refractivity contribution in [2.24, 2.45) is 0 Å². The standard InChI is InChI=1S/C22H20N4O3S2/c1-14-6-2-10-17-19(14)24-22(30-17)25-21(27)16-9-5-13-26(16)31(28,29)18-11-3-7-15-8-4-12-23-20(15)18/h2-4,6-8,10-12,16H,5,9,13H2,1H3,(H,24,25,27). The van der Waals surface area contributed by atoms with Gasteiger partial charge in [0.2, 0.25) is 15.9 Å². The van der Waals surface area contributed by atoms with Crippen molar-refractivity contribution in [1.82, 2.24) is 14.3 Å². The minimum absolute atomic E-state index is 0.126. The number of hydrogen-bond acceptors (Lipinski definition) is 6. The predicted octanol–water partition coefficient (Wildman–Crippen LogP) is 3.94. The molecule has 9 heteroatoms. The van der Waals surface area contributed by atoms with Gasteiger partial charge in [0.15, 0.2) is 5.13 Å². The Kier molecular flexibility index (Phi) is 4.96. The zero-order valence-electron chi connectivity index (χ0n) is 16.8. The Bertz CT molecular complexity index is 1410. The average Bonchev–Trinajstić information content (AvgIpc) is 3.41. The van der Waals surface area contributed by atoms with E-state index in [1.165, 1.54) is 15.6 Å². The van der Waals surface area contributed by atoms with Crippen LogP contribution < -0.4 is 5.32 Å². The number of amides is 1. The third-order valence-corrected chi connectivity index (χ3v) is 8.42. The van der Waals surface area contributed by atoms with Crippen molar-refractivity contribution >= 4 is 53.5 Å². The SMILES string of the molecule is Cc1cccc2sc(NC(=O)C3CCCN3S(=O)(=O)c3cccc4cccnc34)nc12. The molecule has 2 aromatic carbocycles. The zero-order chi connectivity index (χ0) is 21.6. The molecule has 1 fully saturated rings. The van der Waals surface area contributed by atoms with Gasteiger partial charge in [-0.15, -0.1) is 0 Å². The van der Waals surface area contributed by atoms with Crippen LogP contribution >= 0.6 is 11.3 Å². The van der Waals surface area contributed by atoms with Crippen molar-refractivity contribution < 1.29 is 13.2 Å². The van der Waals surface area contributed by atoms with E-state index in [4.69, 9.17) is 0 Å². The third kappa shape index (κ3) is 3.48. The van der Waals surface area contributed by atoms with Gasteiger partial charge in [-0.05, 0) is 43.5 Å². The van der Waals surface area contributed by atoms with E-state index >= 15 is 0 Å². The van der Waals surface area contributed by atoms with Crippen molar-refractivity contribution in [3.63, 3.8) is 0 Å². The Hall–Kier alpha value is -2.88. The highest BCUT2D eigenvalue weighted by atomic mass is 32.2. The molecule has 1 aliphatic heterocycles. The van der Waals surface area contributed by atoms with Crippen LogP contribution in [0.2, 0.25) is 0 Å². The van der Waals surface area contributed by atoms with Gasteiger partial charge in [0, 0.05) is 18.1 Å². The molecular weight excluding hydrogens is 432 g/mol. The summed E-state index contributed by atoms with van der Waals surface area (Å²) in [6.45, 7) is 2.26. The van der Waals surface area contributed by atoms with E-state index in [9.17, 15) is 13.2 Å². The number of para-hydroxylation sites is 2. The highest BCUT2D eigenvalue weighted by Crippen LogP contribution is 2.32. The number of fused-ring (bicyclic) bond motifs is 2. The Morgan fingerprint density at radius 2 is 1.94 bits per heavy atom. The number of aryl methyl sites for hydroxylation is 1. The van der Waals surface area contributed by atoms with Gasteiger partial charge in [0.05, 0.1) is 15.7 Å². The van der Waals surface area contributed by atoms with Crippen LogP contribution in [0.15, 0.2) is 59.6 Å². The second-order valence-electron chi connectivity index (χ2n) is 7.53. The molecule has 0 radical (unpaired) electrons. The van der Waals surface area contributed by atoms with Crippen LogP contribution in [-0.4, -0.2) is 41.2 Å². The lowest BCUT2D eigenvalue weighted by molar-refractivity contribution is -0.119. The van der Waals surface area contributed by atoms with Gasteiger partial charge < -0.3 is 5.32 Å². The normalized spacial score (nSPS) is 17.4. The number of sulfonamides is 1. The predicted molar refractivity (Wildman–Crippen MR) is 122 cm³/mol. The van der Waals surface area contributed by atoms with Gasteiger partial charge in [-0.1, -0.05) is 41.7 Å². The summed E-state index contributed by atoms with van der Waals surface area (Å²) in [5.41, 5.74) is 2.29. The summed E-state index contributed by atoms with van der Waals surface area (Å²) >= 11 is 1.38. The molecule has 2 aromatic heterocycles. The minimum atomic E-state index is -3.89. The molecule has 31 heavy (non-hydrogen) atoms. The van der Waals surface area contributed by atoms with Gasteiger partial charge in [0.25, 0.3) is 0 Å². The van der Waals surface area contributed by atoms with Gasteiger partial charge in [-0.2, -0.15) is 4.31 Å². The first-order chi connectivity index (χ1) is 14.9. The lowest BCUT2D eigenvalue weighted by Crippen LogP contribution is -2.43. The summed E-state index contributed by atoms with van der Waals surface area (Å²) in [6.07, 6.45) is 2.66. The van der Waals surface area contributed by atoms with E-state index in [1.54, 1.807) is 24.4 Å². The molecule has 158 valence electrons. The molecule has 1 amide bonds. The number of carbonyl (C=O) groups excluding carboxylic acids is 1. The highest BCUT2D eigenvalue weighted by Gasteiger charge is 2.40. The van der Waals surface area contributed by atoms with Crippen LogP contribution in [0.4, 0.5) is 5.13 Å². The number of pyridine rings is 1. The molecule has 3 heterocycles. The van der Waals surface area contributed by atoms with Crippen LogP contribution in [0.1, 0.15) is 18.4 Å². The van der Waals surface area contributed by atoms with Crippen molar-refractivity contribution in [2.75, 3.05) is 11.9 Å². The van der Waals surface area contributed by atoms with E-state index in [-0.39, 0.29) is 10.8 Å². The fourth-order valence-corrected chi connectivity index (χ4v) is 6.80. The molecule has 1 unspecified atom stereocenters. The number of nitrogens with one attached hydrogen (secondary N) is 1. The number of rotatable bonds is 4. The Morgan fingerprint density at radius 1 is 1.13 bits per heavy atom. The third-order valence-electron chi connectivity index (χ3n) is 5.54. The molecule has 7 nitrogen and oxygen atoms in total. The molecule has 1 aliphatic rings. The van der Waals surface area contributed by atoms with E-state index in [0.717, 1.165) is 21.2 Å². The molecule has 0 bridgehead atoms. The van der Waals surface area contributed by atoms with Crippen LogP contribution in [0.3, 0.4) is 0 Å². The van der Waals surface area contributed by atoms with E-state index in [1.807, 2.05) is 37.3 Å². The molecule has 1 N–H and O–H groups in total. The summed E-state index contributed by atoms with van der Waals surface area (Å²) in [6, 6.07) is 13.8. The maximum absolute atomic E-state index is 13.5. The molecule has 5 rings (SSSR count). The number of anilines is 1. The van der Waals surface area contributed by atoms with Crippen molar-refractivity contribution in [2.45, 2.75) is 30.7 Å². The van der Waals surface area contributed by atoms with Crippen molar-refractivity contribution in [3.05, 3.63) is 60.3 Å². The summed E-state index contributed by atoms with van der Waals surface area (Å²) in [5.74, 6) is -0.356. The second kappa shape index (κ2) is 7.67. The largest absolute Gasteiger partial charge is 0.301 e. The van der Waals surface area contributed by atoms with Gasteiger partial charge in [0.1, 0.15) is 10.9 Å². The van der Waals surface area contributed by atoms with Crippen LogP contribution in [0, 0.1) is 6.92 Å². The van der Waals surface area contributed by atoms with Crippen molar-refractivity contribution in [1.29, 1.82) is 0 Å². The Balaban J connectivity index is 1.45. The first kappa shape index (κ1) is 20.0. The Morgan fingerprint density at radius 3 is 2.77 bits per heavy atom. The smallest absolute Gasteiger partial charge is 0.245 e. The van der Waals surface area contributed by atoms with Gasteiger partial charge in [-0.3, -0.25) is 9.78 Å². The number of benzene rings is 2. The molecule has 1 atom stereocenters. The second-order valence-corrected chi connectivity index (χ2v) is 10.4. The van der Waals surface area contributed by atoms with Gasteiger partial charge in [-0.25, -0.2) is 13.4 Å². The summed E-state index contributed by atoms with van der Waals surface area (Å²) < 4.78 is 29.3. The number of hydrogen-bond donors (Lipinski definition) is 1. The number of aromatic nitrogens is 2. The number of thiazole rings is 1. The first-order valence-corrected chi connectivity index (χ1v) is 12.2. The summed E-state index contributed by atoms with van der Waals surface area (Å²) in [5, 5.41) is 4.06. The highest BCUT2D eigenvalue weighted by molar-refractivity contribution is 7.89. The van der Waals surface area contributed by atoms with E-state index < -0.39 is 16.1 Å². The van der Waals surface area contributed by atoms with Crippen LogP contribution in [0.25, 0.3) is 21.1 Å². The quantitative estimate of drug-likeness (QED) is 0.506. The molecule has 4 aromatic rings. The van der Waals surface area contributed by atoms with Crippen molar-refractivity contribution in [3.8, 4) is 0 Å². The minimum Gasteiger partial charge on any atom is -0.301 e. The zero-order valence-corrected chi connectivity index (χ0v) is 18.4. The topological polar surface area (TPSA) is 92.3 Å². The first-order valence-electron chi connectivity index (χ1n) is 9.98. The summed E-state index contributed by atoms with van der Waals surface area (Å²) in [7, 11) is -3.89. The fourth-order valence-electron chi connectivity index (χ4n) is 4.03. The monoisotopic (exact) mass is 452 g/mol. The summed E-state index contributed by atoms with van der Waals surface area (Å²) in [4.78, 5) is 22.0. The molecule has 0 saturated carbocycles. The fraction of sp³-hybridized carbons (Fsp3) is 0.227. The van der Waals surface area contributed by atoms with Gasteiger partial charge >= 0.3 is 0 Å². The van der Waals surface area contributed by atoms with Crippen LogP contribution in [0.5, 0.6) is 0 Å². The maximum atomic E-state index is 13.5. The molecule has 0 aliphatic carbocycles. The average molecular weight is 453 g/mol. The number of nitrogens with zero attached hydrogens (tertiary/aromatic N) is 3. The maximum Gasteiger partial charge on any atom is 0.245 e. The Labute approximate surface area is 183 Å². The van der Waals surface area contributed by atoms with Crippen LogP contribution in [-0.2, 0) is 14.8 Å². The molecular formula is C22H20N4O3S2. The molecule has 0 spiro atoms. The van der Waals surface area contributed by atoms with E-state index in [2.05, 4.69) is 15.3 Å². The molecule has 1 saturated heterocycles.